The van der Waals surface area contributed by atoms with Crippen LogP contribution in [0.3, 0.4) is 0 Å². The normalized spacial score (nSPS) is 14.8. The van der Waals surface area contributed by atoms with Crippen molar-refractivity contribution in [2.45, 2.75) is 34.2 Å². The van der Waals surface area contributed by atoms with Crippen molar-refractivity contribution in [1.29, 1.82) is 0 Å². The second-order valence-electron chi connectivity index (χ2n) is 9.49. The van der Waals surface area contributed by atoms with Gasteiger partial charge in [-0.25, -0.2) is 4.79 Å². The van der Waals surface area contributed by atoms with Gasteiger partial charge in [0.25, 0.3) is 5.56 Å². The Labute approximate surface area is 194 Å². The summed E-state index contributed by atoms with van der Waals surface area (Å²) in [4.78, 5) is 46.7. The zero-order chi connectivity index (χ0) is 24.1. The van der Waals surface area contributed by atoms with Gasteiger partial charge in [-0.05, 0) is 24.0 Å². The largest absolute Gasteiger partial charge is 0.383 e. The molecule has 0 saturated carbocycles. The number of H-pyrrole nitrogens is 1. The average Bonchev–Trinajstić information content (AvgIpc) is 2.76. The van der Waals surface area contributed by atoms with Crippen LogP contribution >= 0.6 is 0 Å². The van der Waals surface area contributed by atoms with Gasteiger partial charge < -0.3 is 15.5 Å². The second-order valence-corrected chi connectivity index (χ2v) is 9.49. The van der Waals surface area contributed by atoms with Gasteiger partial charge in [-0.2, -0.15) is 0 Å². The summed E-state index contributed by atoms with van der Waals surface area (Å²) in [7, 11) is 0. The number of aromatic amines is 1. The molecule has 1 fully saturated rings. The van der Waals surface area contributed by atoms with Crippen LogP contribution in [0.4, 0.5) is 17.2 Å². The van der Waals surface area contributed by atoms with Crippen molar-refractivity contribution in [3.05, 3.63) is 51.2 Å². The lowest BCUT2D eigenvalue weighted by atomic mass is 10.2. The lowest BCUT2D eigenvalue weighted by molar-refractivity contribution is -0.120. The van der Waals surface area contributed by atoms with E-state index in [1.54, 1.807) is 0 Å². The fourth-order valence-electron chi connectivity index (χ4n) is 4.15. The zero-order valence-corrected chi connectivity index (χ0v) is 20.1. The van der Waals surface area contributed by atoms with Crippen molar-refractivity contribution in [2.24, 2.45) is 11.8 Å². The molecule has 0 unspecified atom stereocenters. The van der Waals surface area contributed by atoms with Crippen LogP contribution in [0.1, 0.15) is 27.7 Å². The molecule has 1 aromatic carbocycles. The summed E-state index contributed by atoms with van der Waals surface area (Å²) in [6.07, 6.45) is 0. The summed E-state index contributed by atoms with van der Waals surface area (Å²) in [6, 6.07) is 10.2. The van der Waals surface area contributed by atoms with Crippen LogP contribution < -0.4 is 26.8 Å². The summed E-state index contributed by atoms with van der Waals surface area (Å²) >= 11 is 0. The van der Waals surface area contributed by atoms with E-state index in [1.807, 2.05) is 45.9 Å². The summed E-state index contributed by atoms with van der Waals surface area (Å²) < 4.78 is 1.35. The third-order valence-corrected chi connectivity index (χ3v) is 5.73. The molecule has 0 aliphatic carbocycles. The van der Waals surface area contributed by atoms with Gasteiger partial charge in [0, 0.05) is 45.0 Å². The Morgan fingerprint density at radius 1 is 1.03 bits per heavy atom. The number of hydrogen-bond donors (Lipinski definition) is 2. The van der Waals surface area contributed by atoms with Crippen molar-refractivity contribution in [2.75, 3.05) is 54.8 Å². The van der Waals surface area contributed by atoms with Gasteiger partial charge in [0.15, 0.2) is 5.69 Å². The minimum Gasteiger partial charge on any atom is -0.383 e. The fraction of sp³-hybridized carbons (Fsp3) is 0.542. The van der Waals surface area contributed by atoms with Crippen molar-refractivity contribution >= 4 is 23.1 Å². The van der Waals surface area contributed by atoms with Crippen molar-refractivity contribution in [3.63, 3.8) is 0 Å². The van der Waals surface area contributed by atoms with E-state index in [4.69, 9.17) is 5.73 Å². The Kier molecular flexibility index (Phi) is 7.97. The maximum absolute atomic E-state index is 13.4. The monoisotopic (exact) mass is 456 g/mol. The Balaban J connectivity index is 1.79. The molecule has 9 nitrogen and oxygen atoms in total. The first-order chi connectivity index (χ1) is 15.7. The van der Waals surface area contributed by atoms with E-state index in [9.17, 15) is 14.4 Å². The second kappa shape index (κ2) is 10.7. The molecule has 1 aliphatic heterocycles. The molecule has 2 aromatic rings. The van der Waals surface area contributed by atoms with Gasteiger partial charge in [-0.15, -0.1) is 0 Å². The Hall–Kier alpha value is -3.07. The first-order valence-corrected chi connectivity index (χ1v) is 11.6. The van der Waals surface area contributed by atoms with Gasteiger partial charge in [0.05, 0.1) is 6.54 Å². The van der Waals surface area contributed by atoms with Crippen LogP contribution in [0.15, 0.2) is 39.9 Å². The molecule has 9 heteroatoms. The highest BCUT2D eigenvalue weighted by atomic mass is 16.2. The average molecular weight is 457 g/mol. The molecule has 1 aliphatic rings. The predicted octanol–water partition coefficient (Wildman–Crippen LogP) is 1.59. The zero-order valence-electron chi connectivity index (χ0n) is 20.1. The maximum atomic E-state index is 13.4. The highest BCUT2D eigenvalue weighted by Crippen LogP contribution is 2.20. The predicted molar refractivity (Wildman–Crippen MR) is 133 cm³/mol. The lowest BCUT2D eigenvalue weighted by Crippen LogP contribution is -2.51. The Morgan fingerprint density at radius 3 is 2.24 bits per heavy atom. The number of piperazine rings is 1. The molecule has 0 atom stereocenters. The number of aromatic nitrogens is 2. The van der Waals surface area contributed by atoms with Crippen LogP contribution in [0.5, 0.6) is 0 Å². The number of hydrogen-bond acceptors (Lipinski definition) is 6. The number of carbonyl (C=O) groups is 1. The van der Waals surface area contributed by atoms with Gasteiger partial charge in [0.2, 0.25) is 5.91 Å². The highest BCUT2D eigenvalue weighted by molar-refractivity contribution is 5.96. The van der Waals surface area contributed by atoms with E-state index >= 15 is 0 Å². The van der Waals surface area contributed by atoms with E-state index in [0.717, 1.165) is 26.2 Å². The first-order valence-electron chi connectivity index (χ1n) is 11.6. The smallest absolute Gasteiger partial charge is 0.330 e. The van der Waals surface area contributed by atoms with Crippen molar-refractivity contribution < 1.29 is 4.79 Å². The molecular weight excluding hydrogens is 420 g/mol. The molecule has 1 saturated heterocycles. The van der Waals surface area contributed by atoms with Gasteiger partial charge >= 0.3 is 5.69 Å². The molecule has 1 amide bonds. The number of nitrogen functional groups attached to an aromatic ring is 1. The highest BCUT2D eigenvalue weighted by Gasteiger charge is 2.27. The number of benzene rings is 1. The standard InChI is InChI=1S/C24H36N6O3/c1-17(2)14-29(21-22(25)30(15-18(3)4)24(33)26-23(21)32)20(31)16-27-10-12-28(13-11-27)19-8-6-5-7-9-19/h5-9,17-18H,10-16,25H2,1-4H3,(H,26,32,33). The maximum Gasteiger partial charge on any atom is 0.330 e. The number of amides is 1. The van der Waals surface area contributed by atoms with Crippen LogP contribution in [-0.4, -0.2) is 59.6 Å². The summed E-state index contributed by atoms with van der Waals surface area (Å²) in [5, 5.41) is 0. The third kappa shape index (κ3) is 6.04. The quantitative estimate of drug-likeness (QED) is 0.625. The fourth-order valence-corrected chi connectivity index (χ4v) is 4.15. The van der Waals surface area contributed by atoms with E-state index < -0.39 is 11.2 Å². The molecule has 0 spiro atoms. The summed E-state index contributed by atoms with van der Waals surface area (Å²) in [5.74, 6) is 0.122. The molecule has 180 valence electrons. The van der Waals surface area contributed by atoms with Gasteiger partial charge in [0.1, 0.15) is 5.82 Å². The van der Waals surface area contributed by atoms with Crippen LogP contribution in [0.25, 0.3) is 0 Å². The van der Waals surface area contributed by atoms with Gasteiger partial charge in [-0.1, -0.05) is 45.9 Å². The first kappa shape index (κ1) is 24.6. The number of carbonyl (C=O) groups excluding carboxylic acids is 1. The SMILES string of the molecule is CC(C)CN(C(=O)CN1CCN(c2ccccc2)CC1)c1c(N)n(CC(C)C)c(=O)[nH]c1=O. The Bertz CT molecular complexity index is 1050. The summed E-state index contributed by atoms with van der Waals surface area (Å²) in [5.41, 5.74) is 6.36. The van der Waals surface area contributed by atoms with E-state index in [2.05, 4.69) is 26.9 Å². The molecule has 1 aromatic heterocycles. The van der Waals surface area contributed by atoms with Crippen molar-refractivity contribution in [1.82, 2.24) is 14.5 Å². The third-order valence-electron chi connectivity index (χ3n) is 5.73. The molecule has 33 heavy (non-hydrogen) atoms. The van der Waals surface area contributed by atoms with Crippen molar-refractivity contribution in [3.8, 4) is 0 Å². The Morgan fingerprint density at radius 2 is 1.67 bits per heavy atom. The minimum absolute atomic E-state index is 0.0420. The number of nitrogens with two attached hydrogens (primary N) is 1. The molecule has 0 radical (unpaired) electrons. The number of anilines is 3. The molecule has 2 heterocycles. The van der Waals surface area contributed by atoms with Gasteiger partial charge in [-0.3, -0.25) is 24.0 Å². The molecular formula is C24H36N6O3. The van der Waals surface area contributed by atoms with E-state index in [-0.39, 0.29) is 35.8 Å². The van der Waals surface area contributed by atoms with Crippen LogP contribution in [0.2, 0.25) is 0 Å². The van der Waals surface area contributed by atoms with Crippen LogP contribution in [0, 0.1) is 11.8 Å². The number of rotatable bonds is 8. The van der Waals surface area contributed by atoms with E-state index in [1.165, 1.54) is 15.2 Å². The molecule has 3 rings (SSSR count). The van der Waals surface area contributed by atoms with E-state index in [0.29, 0.717) is 13.1 Å². The minimum atomic E-state index is -0.625. The number of nitrogens with zero attached hydrogens (tertiary/aromatic N) is 4. The summed E-state index contributed by atoms with van der Waals surface area (Å²) in [6.45, 7) is 11.9. The lowest BCUT2D eigenvalue weighted by Gasteiger charge is -2.36. The topological polar surface area (TPSA) is 108 Å². The molecule has 0 bridgehead atoms. The number of para-hydroxylation sites is 1. The van der Waals surface area contributed by atoms with Crippen LogP contribution in [-0.2, 0) is 11.3 Å². The number of nitrogens with one attached hydrogen (secondary N) is 1. The molecule has 3 N–H and O–H groups in total.